The number of pyridine rings is 1. The average Bonchev–Trinajstić information content (AvgIpc) is 2.69. The number of rotatable bonds is 5. The summed E-state index contributed by atoms with van der Waals surface area (Å²) in [5.74, 6) is 0.211. The van der Waals surface area contributed by atoms with Crippen molar-refractivity contribution in [3.63, 3.8) is 0 Å². The number of nitrogens with one attached hydrogen (secondary N) is 1. The van der Waals surface area contributed by atoms with Crippen LogP contribution in [0.4, 0.5) is 15.9 Å². The van der Waals surface area contributed by atoms with E-state index in [-0.39, 0.29) is 11.5 Å². The van der Waals surface area contributed by atoms with Crippen LogP contribution in [0.15, 0.2) is 47.6 Å². The van der Waals surface area contributed by atoms with E-state index in [4.69, 9.17) is 15.9 Å². The van der Waals surface area contributed by atoms with E-state index < -0.39 is 5.82 Å². The summed E-state index contributed by atoms with van der Waals surface area (Å²) in [6, 6.07) is 9.30. The highest BCUT2D eigenvalue weighted by atomic mass is 19.1. The summed E-state index contributed by atoms with van der Waals surface area (Å²) in [5, 5.41) is 7.63. The molecule has 0 aliphatic carbocycles. The molecule has 1 fully saturated rings. The highest BCUT2D eigenvalue weighted by molar-refractivity contribution is 6.16. The van der Waals surface area contributed by atoms with Crippen molar-refractivity contribution < 1.29 is 9.13 Å². The zero-order valence-corrected chi connectivity index (χ0v) is 15.2. The van der Waals surface area contributed by atoms with Gasteiger partial charge in [0.2, 0.25) is 0 Å². The summed E-state index contributed by atoms with van der Waals surface area (Å²) >= 11 is 0. The van der Waals surface area contributed by atoms with Gasteiger partial charge in [0.15, 0.2) is 5.82 Å². The fraction of sp³-hybridized carbons (Fsp3) is 0.250. The summed E-state index contributed by atoms with van der Waals surface area (Å²) in [4.78, 5) is 10.3. The summed E-state index contributed by atoms with van der Waals surface area (Å²) in [5.41, 5.74) is 8.68. The number of hydrogen-bond acceptors (Lipinski definition) is 5. The molecule has 0 radical (unpaired) electrons. The Morgan fingerprint density at radius 3 is 2.67 bits per heavy atom. The molecule has 0 amide bonds. The van der Waals surface area contributed by atoms with Gasteiger partial charge in [0.05, 0.1) is 19.4 Å². The van der Waals surface area contributed by atoms with Gasteiger partial charge >= 0.3 is 0 Å². The van der Waals surface area contributed by atoms with Crippen molar-refractivity contribution in [3.8, 4) is 0 Å². The Labute approximate surface area is 157 Å². The van der Waals surface area contributed by atoms with Crippen molar-refractivity contribution in [1.29, 1.82) is 5.41 Å². The number of hydrogen-bond donors (Lipinski definition) is 2. The maximum atomic E-state index is 14.1. The van der Waals surface area contributed by atoms with E-state index in [1.165, 1.54) is 6.21 Å². The molecule has 3 rings (SSSR count). The number of anilines is 1. The first kappa shape index (κ1) is 18.7. The van der Waals surface area contributed by atoms with Crippen molar-refractivity contribution in [3.05, 3.63) is 59.5 Å². The van der Waals surface area contributed by atoms with Crippen LogP contribution in [0.25, 0.3) is 5.57 Å². The Balaban J connectivity index is 1.87. The third kappa shape index (κ3) is 4.77. The molecule has 0 atom stereocenters. The maximum absolute atomic E-state index is 14.1. The third-order valence-corrected chi connectivity index (χ3v) is 4.25. The van der Waals surface area contributed by atoms with Crippen molar-refractivity contribution in [1.82, 2.24) is 4.98 Å². The lowest BCUT2D eigenvalue weighted by Gasteiger charge is -2.27. The molecular weight excluding hydrogens is 345 g/mol. The normalized spacial score (nSPS) is 15.7. The molecule has 3 N–H and O–H groups in total. The highest BCUT2D eigenvalue weighted by Gasteiger charge is 2.14. The number of aromatic nitrogens is 1. The molecule has 7 heteroatoms. The average molecular weight is 367 g/mol. The van der Waals surface area contributed by atoms with Crippen LogP contribution >= 0.6 is 0 Å². The van der Waals surface area contributed by atoms with Crippen LogP contribution in [-0.4, -0.2) is 43.3 Å². The molecule has 0 spiro atoms. The van der Waals surface area contributed by atoms with Crippen LogP contribution in [0.1, 0.15) is 11.1 Å². The van der Waals surface area contributed by atoms with Crippen LogP contribution in [0.2, 0.25) is 0 Å². The van der Waals surface area contributed by atoms with Gasteiger partial charge in [-0.15, -0.1) is 0 Å². The number of nitrogens with zero attached hydrogens (tertiary/aromatic N) is 3. The van der Waals surface area contributed by atoms with Crippen molar-refractivity contribution in [2.75, 3.05) is 31.2 Å². The minimum absolute atomic E-state index is 0.118. The quantitative estimate of drug-likeness (QED) is 0.628. The first-order chi connectivity index (χ1) is 13.1. The minimum Gasteiger partial charge on any atom is -0.384 e. The Bertz CT molecular complexity index is 870. The van der Waals surface area contributed by atoms with Crippen molar-refractivity contribution >= 4 is 29.1 Å². The molecule has 1 aromatic carbocycles. The minimum atomic E-state index is -0.546. The zero-order chi connectivity index (χ0) is 19.2. The van der Waals surface area contributed by atoms with E-state index in [2.05, 4.69) is 9.98 Å². The van der Waals surface area contributed by atoms with Crippen molar-refractivity contribution in [2.45, 2.75) is 6.92 Å². The zero-order valence-electron chi connectivity index (χ0n) is 15.2. The lowest BCUT2D eigenvalue weighted by Crippen LogP contribution is -2.36. The predicted octanol–water partition coefficient (Wildman–Crippen LogP) is 3.09. The number of ether oxygens (including phenoxy) is 1. The Hall–Kier alpha value is -3.06. The van der Waals surface area contributed by atoms with Gasteiger partial charge in [-0.05, 0) is 18.6 Å². The molecule has 0 saturated carbocycles. The van der Waals surface area contributed by atoms with Gasteiger partial charge in [-0.1, -0.05) is 29.8 Å². The Morgan fingerprint density at radius 2 is 2.00 bits per heavy atom. The molecular formula is C20H22FN5O. The van der Waals surface area contributed by atoms with Gasteiger partial charge in [0.1, 0.15) is 17.3 Å². The molecule has 0 bridgehead atoms. The molecule has 1 aromatic heterocycles. The molecule has 0 unspecified atom stereocenters. The van der Waals surface area contributed by atoms with E-state index in [9.17, 15) is 4.39 Å². The van der Waals surface area contributed by atoms with Crippen LogP contribution in [0, 0.1) is 18.2 Å². The van der Waals surface area contributed by atoms with Gasteiger partial charge in [0.25, 0.3) is 0 Å². The SMILES string of the molecule is Cc1ccc(/C(C=N)=C/C(N)=Nc2cc(N3CCOCC3)ncc2F)cc1. The van der Waals surface area contributed by atoms with Gasteiger partial charge in [0, 0.05) is 30.9 Å². The lowest BCUT2D eigenvalue weighted by molar-refractivity contribution is 0.122. The summed E-state index contributed by atoms with van der Waals surface area (Å²) in [6.07, 6.45) is 3.92. The predicted molar refractivity (Wildman–Crippen MR) is 106 cm³/mol. The van der Waals surface area contributed by atoms with Crippen LogP contribution < -0.4 is 10.6 Å². The summed E-state index contributed by atoms with van der Waals surface area (Å²) < 4.78 is 19.5. The van der Waals surface area contributed by atoms with Crippen LogP contribution in [0.3, 0.4) is 0 Å². The van der Waals surface area contributed by atoms with E-state index in [0.717, 1.165) is 17.3 Å². The summed E-state index contributed by atoms with van der Waals surface area (Å²) in [6.45, 7) is 4.61. The largest absolute Gasteiger partial charge is 0.384 e. The monoisotopic (exact) mass is 367 g/mol. The Kier molecular flexibility index (Phi) is 5.93. The molecule has 2 heterocycles. The second-order valence-electron chi connectivity index (χ2n) is 6.24. The van der Waals surface area contributed by atoms with Crippen LogP contribution in [0.5, 0.6) is 0 Å². The first-order valence-corrected chi connectivity index (χ1v) is 8.68. The number of amidine groups is 1. The smallest absolute Gasteiger partial charge is 0.167 e. The fourth-order valence-corrected chi connectivity index (χ4v) is 2.75. The molecule has 140 valence electrons. The topological polar surface area (TPSA) is 87.6 Å². The third-order valence-electron chi connectivity index (χ3n) is 4.25. The molecule has 27 heavy (non-hydrogen) atoms. The maximum Gasteiger partial charge on any atom is 0.167 e. The van der Waals surface area contributed by atoms with Crippen molar-refractivity contribution in [2.24, 2.45) is 10.7 Å². The number of benzene rings is 1. The molecule has 1 aliphatic heterocycles. The number of allylic oxidation sites excluding steroid dienone is 1. The molecule has 6 nitrogen and oxygen atoms in total. The number of aliphatic imine (C=N–C) groups is 1. The second-order valence-corrected chi connectivity index (χ2v) is 6.24. The van der Waals surface area contributed by atoms with E-state index >= 15 is 0 Å². The standard InChI is InChI=1S/C20H22FN5O/c1-14-2-4-15(5-3-14)16(12-22)10-19(23)25-18-11-20(24-13-17(18)21)26-6-8-27-9-7-26/h2-5,10-13,22H,6-9H2,1H3,(H2,23,24,25)/b16-10+,22-12?. The van der Waals surface area contributed by atoms with E-state index in [0.29, 0.717) is 37.7 Å². The van der Waals surface area contributed by atoms with E-state index in [1.54, 1.807) is 12.1 Å². The number of morpholine rings is 1. The Morgan fingerprint density at radius 1 is 1.30 bits per heavy atom. The van der Waals surface area contributed by atoms with Gasteiger partial charge < -0.3 is 20.8 Å². The van der Waals surface area contributed by atoms with Gasteiger partial charge in [-0.25, -0.2) is 14.4 Å². The molecule has 1 aliphatic rings. The molecule has 2 aromatic rings. The summed E-state index contributed by atoms with van der Waals surface area (Å²) in [7, 11) is 0. The van der Waals surface area contributed by atoms with Gasteiger partial charge in [-0.2, -0.15) is 0 Å². The van der Waals surface area contributed by atoms with E-state index in [1.807, 2.05) is 36.1 Å². The number of halogens is 1. The van der Waals surface area contributed by atoms with Gasteiger partial charge in [-0.3, -0.25) is 0 Å². The fourth-order valence-electron chi connectivity index (χ4n) is 2.75. The second kappa shape index (κ2) is 8.55. The number of aryl methyl sites for hydroxylation is 1. The first-order valence-electron chi connectivity index (χ1n) is 8.68. The number of nitrogens with two attached hydrogens (primary N) is 1. The van der Waals surface area contributed by atoms with Crippen LogP contribution in [-0.2, 0) is 4.74 Å². The highest BCUT2D eigenvalue weighted by Crippen LogP contribution is 2.23. The lowest BCUT2D eigenvalue weighted by atomic mass is 10.0. The molecule has 1 saturated heterocycles.